The molecule has 0 radical (unpaired) electrons. The first-order chi connectivity index (χ1) is 21.2. The van der Waals surface area contributed by atoms with Crippen molar-refractivity contribution in [3.63, 3.8) is 0 Å². The lowest BCUT2D eigenvalue weighted by Gasteiger charge is -2.16. The highest BCUT2D eigenvalue weighted by atomic mass is 32.2. The number of thioether (sulfide) groups is 1. The van der Waals surface area contributed by atoms with Crippen LogP contribution in [0.1, 0.15) is 27.4 Å². The predicted molar refractivity (Wildman–Crippen MR) is 166 cm³/mol. The smallest absolute Gasteiger partial charge is 0.338 e. The Balaban J connectivity index is 1.12. The Kier molecular flexibility index (Phi) is 9.05. The van der Waals surface area contributed by atoms with Crippen molar-refractivity contribution < 1.29 is 29.3 Å². The van der Waals surface area contributed by atoms with E-state index in [0.717, 1.165) is 40.5 Å². The van der Waals surface area contributed by atoms with E-state index < -0.39 is 39.2 Å². The second kappa shape index (κ2) is 13.3. The summed E-state index contributed by atoms with van der Waals surface area (Å²) in [5.74, 6) is -1.38. The van der Waals surface area contributed by atoms with Crippen LogP contribution in [0.15, 0.2) is 91.0 Å². The maximum absolute atomic E-state index is 12.8. The molecule has 44 heavy (non-hydrogen) atoms. The van der Waals surface area contributed by atoms with Gasteiger partial charge < -0.3 is 20.5 Å². The Labute approximate surface area is 255 Å². The second-order valence-electron chi connectivity index (χ2n) is 9.85. The van der Waals surface area contributed by atoms with E-state index in [-0.39, 0.29) is 24.0 Å². The van der Waals surface area contributed by atoms with Crippen molar-refractivity contribution in [3.05, 3.63) is 128 Å². The number of esters is 1. The van der Waals surface area contributed by atoms with E-state index in [9.17, 15) is 34.9 Å². The average Bonchev–Trinajstić information content (AvgIpc) is 3.35. The number of hydrogen-bond donors (Lipinski definition) is 3. The van der Waals surface area contributed by atoms with Crippen LogP contribution in [0, 0.1) is 20.2 Å². The molecule has 0 unspecified atom stereocenters. The number of rotatable bonds is 13. The number of benzene rings is 4. The number of ether oxygens (including phenoxy) is 1. The van der Waals surface area contributed by atoms with Crippen molar-refractivity contribution in [1.29, 1.82) is 0 Å². The van der Waals surface area contributed by atoms with Gasteiger partial charge in [0.25, 0.3) is 11.4 Å². The first kappa shape index (κ1) is 30.0. The summed E-state index contributed by atoms with van der Waals surface area (Å²) in [5.41, 5.74) is 4.44. The van der Waals surface area contributed by atoms with Crippen LogP contribution in [-0.4, -0.2) is 51.2 Å². The first-order valence-electron chi connectivity index (χ1n) is 13.4. The summed E-state index contributed by atoms with van der Waals surface area (Å²) < 4.78 is 5.70. The number of nitrogens with one attached hydrogen (secondary N) is 2. The SMILES string of the molecule is O=C(OCC1c2ccccc2-c2ccccc21)c1ccc(NCSC[C@H](Nc2ccc([N+](=O)[O-])cc2[N+](=O)[O-])C(=O)O)cc1. The van der Waals surface area contributed by atoms with Gasteiger partial charge in [0, 0.05) is 23.4 Å². The molecule has 1 atom stereocenters. The molecule has 0 amide bonds. The molecule has 0 heterocycles. The minimum Gasteiger partial charge on any atom is -0.480 e. The molecule has 0 saturated carbocycles. The zero-order valence-corrected chi connectivity index (χ0v) is 23.9. The molecule has 1 aliphatic carbocycles. The molecule has 5 rings (SSSR count). The van der Waals surface area contributed by atoms with Crippen LogP contribution < -0.4 is 10.6 Å². The molecular weight excluding hydrogens is 588 g/mol. The van der Waals surface area contributed by atoms with Crippen LogP contribution in [0.3, 0.4) is 0 Å². The minimum atomic E-state index is -1.24. The lowest BCUT2D eigenvalue weighted by atomic mass is 9.98. The summed E-state index contributed by atoms with van der Waals surface area (Å²) in [6.45, 7) is 0.214. The van der Waals surface area contributed by atoms with E-state index >= 15 is 0 Å². The van der Waals surface area contributed by atoms with Gasteiger partial charge in [0.05, 0.1) is 27.4 Å². The summed E-state index contributed by atoms with van der Waals surface area (Å²) >= 11 is 1.22. The fourth-order valence-electron chi connectivity index (χ4n) is 4.99. The third-order valence-electron chi connectivity index (χ3n) is 7.14. The van der Waals surface area contributed by atoms with Crippen LogP contribution >= 0.6 is 11.8 Å². The summed E-state index contributed by atoms with van der Waals surface area (Å²) in [6, 6.07) is 24.7. The third-order valence-corrected chi connectivity index (χ3v) is 8.06. The standard InChI is InChI=1S/C31H26N4O8S/c36-30(37)28(33-27-14-13-21(34(39)40)15-29(27)35(41)42)17-44-18-32-20-11-9-19(10-12-20)31(38)43-16-26-24-7-3-1-5-22(24)23-6-2-4-8-25(23)26/h1-15,26,28,32-33H,16-18H2,(H,36,37)/t28-/m0/s1. The largest absolute Gasteiger partial charge is 0.480 e. The number of fused-ring (bicyclic) bond motifs is 3. The molecule has 1 aliphatic rings. The number of carbonyl (C=O) groups excluding carboxylic acids is 1. The number of carboxylic acids is 1. The van der Waals surface area contributed by atoms with E-state index in [4.69, 9.17) is 4.74 Å². The zero-order chi connectivity index (χ0) is 31.2. The molecule has 0 bridgehead atoms. The van der Waals surface area contributed by atoms with E-state index in [0.29, 0.717) is 17.1 Å². The van der Waals surface area contributed by atoms with Gasteiger partial charge in [-0.3, -0.25) is 20.2 Å². The molecule has 13 heteroatoms. The van der Waals surface area contributed by atoms with Gasteiger partial charge in [-0.2, -0.15) is 0 Å². The number of carbonyl (C=O) groups is 2. The van der Waals surface area contributed by atoms with Crippen LogP contribution in [0.2, 0.25) is 0 Å². The first-order valence-corrected chi connectivity index (χ1v) is 14.6. The Bertz CT molecular complexity index is 1680. The van der Waals surface area contributed by atoms with Gasteiger partial charge in [-0.1, -0.05) is 48.5 Å². The molecular formula is C31H26N4O8S. The normalized spacial score (nSPS) is 12.5. The van der Waals surface area contributed by atoms with E-state index in [1.54, 1.807) is 24.3 Å². The molecule has 0 spiro atoms. The number of non-ortho nitro benzene ring substituents is 1. The van der Waals surface area contributed by atoms with Crippen molar-refractivity contribution in [2.24, 2.45) is 0 Å². The maximum atomic E-state index is 12.8. The third kappa shape index (κ3) is 6.63. The average molecular weight is 615 g/mol. The molecule has 4 aromatic carbocycles. The van der Waals surface area contributed by atoms with Crippen molar-refractivity contribution in [1.82, 2.24) is 0 Å². The summed E-state index contributed by atoms with van der Waals surface area (Å²) in [4.78, 5) is 45.3. The fraction of sp³-hybridized carbons (Fsp3) is 0.161. The van der Waals surface area contributed by atoms with Crippen molar-refractivity contribution >= 4 is 46.5 Å². The predicted octanol–water partition coefficient (Wildman–Crippen LogP) is 6.14. The topological polar surface area (TPSA) is 174 Å². The van der Waals surface area contributed by atoms with Crippen molar-refractivity contribution in [2.75, 3.05) is 28.9 Å². The Morgan fingerprint density at radius 1 is 0.886 bits per heavy atom. The molecule has 12 nitrogen and oxygen atoms in total. The second-order valence-corrected chi connectivity index (χ2v) is 10.9. The number of hydrogen-bond acceptors (Lipinski definition) is 10. The molecule has 0 fully saturated rings. The Morgan fingerprint density at radius 2 is 1.52 bits per heavy atom. The van der Waals surface area contributed by atoms with Gasteiger partial charge in [-0.25, -0.2) is 9.59 Å². The molecule has 4 aromatic rings. The summed E-state index contributed by atoms with van der Waals surface area (Å²) in [6.07, 6.45) is 0. The lowest BCUT2D eigenvalue weighted by Crippen LogP contribution is -2.32. The van der Waals surface area contributed by atoms with E-state index in [1.165, 1.54) is 11.8 Å². The Hall–Kier alpha value is -5.43. The summed E-state index contributed by atoms with van der Waals surface area (Å²) in [7, 11) is 0. The number of nitro benzene ring substituents is 2. The van der Waals surface area contributed by atoms with Gasteiger partial charge in [-0.05, 0) is 52.6 Å². The molecule has 0 aliphatic heterocycles. The number of anilines is 2. The fourth-order valence-corrected chi connectivity index (χ4v) is 5.83. The van der Waals surface area contributed by atoms with Crippen LogP contribution in [0.4, 0.5) is 22.7 Å². The van der Waals surface area contributed by atoms with Crippen LogP contribution in [0.5, 0.6) is 0 Å². The highest BCUT2D eigenvalue weighted by molar-refractivity contribution is 7.99. The van der Waals surface area contributed by atoms with E-state index in [2.05, 4.69) is 34.9 Å². The number of nitro groups is 2. The zero-order valence-electron chi connectivity index (χ0n) is 23.0. The highest BCUT2D eigenvalue weighted by Crippen LogP contribution is 2.44. The molecule has 0 saturated heterocycles. The molecule has 3 N–H and O–H groups in total. The molecule has 224 valence electrons. The van der Waals surface area contributed by atoms with Gasteiger partial charge >= 0.3 is 11.9 Å². The Morgan fingerprint density at radius 3 is 2.11 bits per heavy atom. The van der Waals surface area contributed by atoms with Gasteiger partial charge in [0.1, 0.15) is 18.3 Å². The number of carboxylic acid groups (broad SMARTS) is 1. The molecule has 0 aromatic heterocycles. The monoisotopic (exact) mass is 614 g/mol. The van der Waals surface area contributed by atoms with Crippen molar-refractivity contribution in [2.45, 2.75) is 12.0 Å². The lowest BCUT2D eigenvalue weighted by molar-refractivity contribution is -0.393. The van der Waals surface area contributed by atoms with E-state index in [1.807, 2.05) is 24.3 Å². The maximum Gasteiger partial charge on any atom is 0.338 e. The van der Waals surface area contributed by atoms with Gasteiger partial charge in [-0.15, -0.1) is 11.8 Å². The number of aliphatic carboxylic acids is 1. The number of nitrogens with zero attached hydrogens (tertiary/aromatic N) is 2. The van der Waals surface area contributed by atoms with Crippen molar-refractivity contribution in [3.8, 4) is 11.1 Å². The van der Waals surface area contributed by atoms with Gasteiger partial charge in [0.2, 0.25) is 0 Å². The highest BCUT2D eigenvalue weighted by Gasteiger charge is 2.29. The van der Waals surface area contributed by atoms with Gasteiger partial charge in [0.15, 0.2) is 0 Å². The van der Waals surface area contributed by atoms with Crippen LogP contribution in [-0.2, 0) is 9.53 Å². The minimum absolute atomic E-state index is 0.0360. The van der Waals surface area contributed by atoms with Crippen LogP contribution in [0.25, 0.3) is 11.1 Å². The summed E-state index contributed by atoms with van der Waals surface area (Å²) in [5, 5.41) is 37.6. The quantitative estimate of drug-likeness (QED) is 0.0519.